The van der Waals surface area contributed by atoms with Crippen LogP contribution in [0.5, 0.6) is 0 Å². The van der Waals surface area contributed by atoms with E-state index in [9.17, 15) is 10.5 Å². The van der Waals surface area contributed by atoms with E-state index in [0.29, 0.717) is 34.9 Å². The molecule has 1 saturated heterocycles. The van der Waals surface area contributed by atoms with Crippen molar-refractivity contribution < 1.29 is 4.74 Å². The number of hydrogen-bond donors (Lipinski definition) is 2. The number of aryl methyl sites for hydroxylation is 1. The number of aromatic nitrogens is 5. The molecule has 0 unspecified atom stereocenters. The quantitative estimate of drug-likeness (QED) is 0.492. The fourth-order valence-corrected chi connectivity index (χ4v) is 4.12. The number of nitrogens with zero attached hydrogens (tertiary/aromatic N) is 7. The molecule has 1 fully saturated rings. The van der Waals surface area contributed by atoms with Crippen LogP contribution in [0.2, 0.25) is 0 Å². The number of morpholine rings is 1. The van der Waals surface area contributed by atoms with Gasteiger partial charge >= 0.3 is 0 Å². The minimum absolute atomic E-state index is 0.0110. The van der Waals surface area contributed by atoms with Crippen LogP contribution < -0.4 is 5.73 Å². The van der Waals surface area contributed by atoms with Crippen molar-refractivity contribution in [1.82, 2.24) is 29.4 Å². The van der Waals surface area contributed by atoms with Gasteiger partial charge in [0.25, 0.3) is 0 Å². The normalized spacial score (nSPS) is 14.6. The molecule has 0 spiro atoms. The lowest BCUT2D eigenvalue weighted by atomic mass is 10.2. The van der Waals surface area contributed by atoms with E-state index in [1.165, 1.54) is 0 Å². The monoisotopic (exact) mass is 427 g/mol. The highest BCUT2D eigenvalue weighted by Crippen LogP contribution is 2.35. The molecule has 1 aliphatic heterocycles. The molecule has 1 aliphatic rings. The molecule has 160 valence electrons. The Morgan fingerprint density at radius 1 is 1.03 bits per heavy atom. The second-order valence-corrected chi connectivity index (χ2v) is 7.64. The Morgan fingerprint density at radius 3 is 2.53 bits per heavy atom. The first-order valence-corrected chi connectivity index (χ1v) is 10.4. The Morgan fingerprint density at radius 2 is 1.78 bits per heavy atom. The van der Waals surface area contributed by atoms with Crippen LogP contribution in [-0.4, -0.2) is 62.3 Å². The van der Waals surface area contributed by atoms with Gasteiger partial charge in [-0.2, -0.15) is 10.5 Å². The SMILES string of the molecule is N#Cc1nc2c(-c3nc4ccccc4[nH]3)c(N)n(CCCN3CCOCC3)c2nc1C#N. The Labute approximate surface area is 183 Å². The molecular weight excluding hydrogens is 406 g/mol. The van der Waals surface area contributed by atoms with E-state index in [-0.39, 0.29) is 11.4 Å². The van der Waals surface area contributed by atoms with Crippen LogP contribution in [0.15, 0.2) is 24.3 Å². The second-order valence-electron chi connectivity index (χ2n) is 7.64. The van der Waals surface area contributed by atoms with Crippen LogP contribution in [0.25, 0.3) is 33.6 Å². The third kappa shape index (κ3) is 3.42. The number of imidazole rings is 1. The van der Waals surface area contributed by atoms with E-state index in [2.05, 4.69) is 24.8 Å². The number of rotatable bonds is 5. The average molecular weight is 427 g/mol. The molecule has 0 saturated carbocycles. The molecule has 4 aromatic rings. The van der Waals surface area contributed by atoms with Gasteiger partial charge in [0.05, 0.1) is 29.8 Å². The molecule has 0 radical (unpaired) electrons. The Bertz CT molecular complexity index is 1350. The van der Waals surface area contributed by atoms with Crippen molar-refractivity contribution in [3.8, 4) is 23.5 Å². The highest BCUT2D eigenvalue weighted by Gasteiger charge is 2.24. The summed E-state index contributed by atoms with van der Waals surface area (Å²) in [6.07, 6.45) is 0.844. The zero-order chi connectivity index (χ0) is 22.1. The van der Waals surface area contributed by atoms with Gasteiger partial charge < -0.3 is 20.0 Å². The number of nitrogen functional groups attached to an aromatic ring is 1. The highest BCUT2D eigenvalue weighted by molar-refractivity contribution is 5.98. The molecule has 3 N–H and O–H groups in total. The summed E-state index contributed by atoms with van der Waals surface area (Å²) in [6.45, 7) is 4.83. The number of hydrogen-bond acceptors (Lipinski definition) is 8. The van der Waals surface area contributed by atoms with Crippen LogP contribution in [0.4, 0.5) is 5.82 Å². The number of nitriles is 2. The zero-order valence-corrected chi connectivity index (χ0v) is 17.4. The highest BCUT2D eigenvalue weighted by atomic mass is 16.5. The molecule has 0 aliphatic carbocycles. The van der Waals surface area contributed by atoms with Gasteiger partial charge in [-0.25, -0.2) is 15.0 Å². The van der Waals surface area contributed by atoms with Crippen LogP contribution >= 0.6 is 0 Å². The van der Waals surface area contributed by atoms with E-state index in [1.807, 2.05) is 41.0 Å². The van der Waals surface area contributed by atoms with Gasteiger partial charge in [0, 0.05) is 26.2 Å². The predicted molar refractivity (Wildman–Crippen MR) is 118 cm³/mol. The number of fused-ring (bicyclic) bond motifs is 2. The van der Waals surface area contributed by atoms with Crippen molar-refractivity contribution in [2.24, 2.45) is 0 Å². The van der Waals surface area contributed by atoms with Crippen molar-refractivity contribution in [1.29, 1.82) is 10.5 Å². The van der Waals surface area contributed by atoms with Gasteiger partial charge in [-0.3, -0.25) is 4.90 Å². The first kappa shape index (κ1) is 19.9. The van der Waals surface area contributed by atoms with Gasteiger partial charge in [0.15, 0.2) is 17.0 Å². The lowest BCUT2D eigenvalue weighted by Crippen LogP contribution is -2.37. The summed E-state index contributed by atoms with van der Waals surface area (Å²) in [5, 5.41) is 18.9. The molecule has 0 amide bonds. The van der Waals surface area contributed by atoms with Gasteiger partial charge in [0.2, 0.25) is 0 Å². The Kier molecular flexibility index (Phi) is 5.15. The maximum absolute atomic E-state index is 9.47. The smallest absolute Gasteiger partial charge is 0.179 e. The zero-order valence-electron chi connectivity index (χ0n) is 17.4. The van der Waals surface area contributed by atoms with Crippen molar-refractivity contribution in [3.63, 3.8) is 0 Å². The van der Waals surface area contributed by atoms with Gasteiger partial charge in [-0.05, 0) is 18.6 Å². The molecule has 10 heteroatoms. The number of benzene rings is 1. The van der Waals surface area contributed by atoms with E-state index in [1.54, 1.807) is 0 Å². The summed E-state index contributed by atoms with van der Waals surface area (Å²) in [5.74, 6) is 1.02. The van der Waals surface area contributed by atoms with Crippen molar-refractivity contribution in [3.05, 3.63) is 35.7 Å². The van der Waals surface area contributed by atoms with E-state index in [0.717, 1.165) is 50.3 Å². The minimum atomic E-state index is -0.0252. The molecule has 32 heavy (non-hydrogen) atoms. The first-order chi connectivity index (χ1) is 15.7. The molecule has 5 rings (SSSR count). The van der Waals surface area contributed by atoms with Crippen molar-refractivity contribution in [2.45, 2.75) is 13.0 Å². The Balaban J connectivity index is 1.60. The summed E-state index contributed by atoms with van der Waals surface area (Å²) in [6, 6.07) is 11.6. The fourth-order valence-electron chi connectivity index (χ4n) is 4.12. The Hall–Kier alpha value is -3.99. The molecular formula is C22H21N9O. The number of para-hydroxylation sites is 2. The van der Waals surface area contributed by atoms with Gasteiger partial charge in [-0.15, -0.1) is 0 Å². The number of ether oxygens (including phenoxy) is 1. The number of nitrogens with two attached hydrogens (primary N) is 1. The van der Waals surface area contributed by atoms with Gasteiger partial charge in [-0.1, -0.05) is 12.1 Å². The lowest BCUT2D eigenvalue weighted by molar-refractivity contribution is 0.0370. The molecule has 3 aromatic heterocycles. The van der Waals surface area contributed by atoms with Crippen LogP contribution in [0, 0.1) is 22.7 Å². The van der Waals surface area contributed by atoms with Crippen LogP contribution in [0.1, 0.15) is 17.8 Å². The summed E-state index contributed by atoms with van der Waals surface area (Å²) in [4.78, 5) is 19.2. The predicted octanol–water partition coefficient (Wildman–Crippen LogP) is 2.02. The van der Waals surface area contributed by atoms with Crippen LogP contribution in [-0.2, 0) is 11.3 Å². The van der Waals surface area contributed by atoms with Gasteiger partial charge in [0.1, 0.15) is 29.3 Å². The van der Waals surface area contributed by atoms with Crippen molar-refractivity contribution in [2.75, 3.05) is 38.6 Å². The number of aromatic amines is 1. The largest absolute Gasteiger partial charge is 0.384 e. The van der Waals surface area contributed by atoms with Crippen LogP contribution in [0.3, 0.4) is 0 Å². The van der Waals surface area contributed by atoms with E-state index < -0.39 is 0 Å². The summed E-state index contributed by atoms with van der Waals surface area (Å²) < 4.78 is 7.28. The fraction of sp³-hybridized carbons (Fsp3) is 0.318. The maximum Gasteiger partial charge on any atom is 0.179 e. The molecule has 10 nitrogen and oxygen atoms in total. The summed E-state index contributed by atoms with van der Waals surface area (Å²) >= 11 is 0. The lowest BCUT2D eigenvalue weighted by Gasteiger charge is -2.26. The number of nitrogens with one attached hydrogen (secondary N) is 1. The van der Waals surface area contributed by atoms with E-state index >= 15 is 0 Å². The second kappa shape index (κ2) is 8.27. The first-order valence-electron chi connectivity index (χ1n) is 10.4. The molecule has 1 aromatic carbocycles. The molecule has 0 atom stereocenters. The maximum atomic E-state index is 9.47. The number of H-pyrrole nitrogens is 1. The number of anilines is 1. The van der Waals surface area contributed by atoms with Crippen molar-refractivity contribution >= 4 is 28.0 Å². The molecule has 4 heterocycles. The standard InChI is InChI=1S/C22H21N9O/c23-12-16-17(13-24)29-22-19(26-16)18(21-27-14-4-1-2-5-15(14)28-21)20(25)31(22)7-3-6-30-8-10-32-11-9-30/h1-2,4-5H,3,6-11,25H2,(H,27,28). The third-order valence-electron chi connectivity index (χ3n) is 5.71. The molecule has 0 bridgehead atoms. The summed E-state index contributed by atoms with van der Waals surface area (Å²) in [7, 11) is 0. The minimum Gasteiger partial charge on any atom is -0.384 e. The summed E-state index contributed by atoms with van der Waals surface area (Å²) in [5.41, 5.74) is 9.77. The third-order valence-corrected chi connectivity index (χ3v) is 5.71. The average Bonchev–Trinajstić information content (AvgIpc) is 3.36. The van der Waals surface area contributed by atoms with E-state index in [4.69, 9.17) is 10.5 Å². The topological polar surface area (TPSA) is 145 Å².